The van der Waals surface area contributed by atoms with Gasteiger partial charge in [0.25, 0.3) is 0 Å². The maximum atomic E-state index is 11.8. The lowest BCUT2D eigenvalue weighted by Crippen LogP contribution is -2.13. The van der Waals surface area contributed by atoms with Crippen LogP contribution >= 0.6 is 0 Å². The van der Waals surface area contributed by atoms with Crippen LogP contribution in [0.3, 0.4) is 0 Å². The number of rotatable bonds is 6. The monoisotopic (exact) mass is 351 g/mol. The lowest BCUT2D eigenvalue weighted by molar-refractivity contribution is -0.117. The number of anilines is 1. The number of aromatic nitrogens is 4. The fraction of sp³-hybridized carbons (Fsp3) is 0.278. The van der Waals surface area contributed by atoms with Gasteiger partial charge in [-0.1, -0.05) is 17.3 Å². The van der Waals surface area contributed by atoms with Crippen molar-refractivity contribution in [2.45, 2.75) is 19.3 Å². The Labute approximate surface area is 149 Å². The van der Waals surface area contributed by atoms with Gasteiger partial charge >= 0.3 is 0 Å². The Balaban J connectivity index is 1.42. The van der Waals surface area contributed by atoms with Crippen LogP contribution in [0.4, 0.5) is 5.69 Å². The van der Waals surface area contributed by atoms with E-state index in [4.69, 9.17) is 9.26 Å². The number of carbonyl (C=O) groups excluding carboxylic acids is 1. The molecule has 0 atom stereocenters. The Morgan fingerprint density at radius 1 is 1.27 bits per heavy atom. The lowest BCUT2D eigenvalue weighted by atomic mass is 10.1. The third-order valence-corrected chi connectivity index (χ3v) is 4.07. The molecule has 3 aromatic rings. The summed E-state index contributed by atoms with van der Waals surface area (Å²) in [7, 11) is 1.53. The summed E-state index contributed by atoms with van der Waals surface area (Å²) in [4.78, 5) is 24.2. The lowest BCUT2D eigenvalue weighted by Gasteiger charge is -2.04. The number of benzene rings is 1. The second-order valence-corrected chi connectivity index (χ2v) is 6.09. The van der Waals surface area contributed by atoms with Crippen LogP contribution in [0.25, 0.3) is 11.5 Å². The molecule has 0 radical (unpaired) electrons. The standard InChI is InChI=1S/C18H17N5O3/c1-25-15-9-14(19-10-20-15)17-22-16(26-23-17)8-11-2-6-13(7-3-11)21-18(24)12-4-5-12/h2-3,6-7,9-10,12H,4-5,8H2,1H3,(H,21,24). The fourth-order valence-electron chi connectivity index (χ4n) is 2.47. The van der Waals surface area contributed by atoms with E-state index in [1.165, 1.54) is 13.4 Å². The van der Waals surface area contributed by atoms with Gasteiger partial charge < -0.3 is 14.6 Å². The number of methoxy groups -OCH3 is 1. The summed E-state index contributed by atoms with van der Waals surface area (Å²) < 4.78 is 10.4. The molecular formula is C18H17N5O3. The highest BCUT2D eigenvalue weighted by Crippen LogP contribution is 2.30. The molecule has 1 aliphatic carbocycles. The van der Waals surface area contributed by atoms with Crippen LogP contribution in [0.2, 0.25) is 0 Å². The molecule has 1 amide bonds. The van der Waals surface area contributed by atoms with E-state index in [2.05, 4.69) is 25.4 Å². The summed E-state index contributed by atoms with van der Waals surface area (Å²) >= 11 is 0. The molecule has 8 nitrogen and oxygen atoms in total. The molecule has 8 heteroatoms. The highest BCUT2D eigenvalue weighted by molar-refractivity contribution is 5.94. The van der Waals surface area contributed by atoms with Gasteiger partial charge in [-0.25, -0.2) is 9.97 Å². The molecular weight excluding hydrogens is 334 g/mol. The van der Waals surface area contributed by atoms with Gasteiger partial charge in [0, 0.05) is 17.7 Å². The Morgan fingerprint density at radius 2 is 2.08 bits per heavy atom. The van der Waals surface area contributed by atoms with Crippen molar-refractivity contribution in [3.05, 3.63) is 48.1 Å². The van der Waals surface area contributed by atoms with E-state index in [0.717, 1.165) is 24.1 Å². The van der Waals surface area contributed by atoms with Gasteiger partial charge in [0.2, 0.25) is 23.5 Å². The van der Waals surface area contributed by atoms with E-state index in [-0.39, 0.29) is 11.8 Å². The normalized spacial score (nSPS) is 13.4. The molecule has 0 spiro atoms. The quantitative estimate of drug-likeness (QED) is 0.727. The van der Waals surface area contributed by atoms with Gasteiger partial charge in [0.1, 0.15) is 12.0 Å². The summed E-state index contributed by atoms with van der Waals surface area (Å²) in [6, 6.07) is 9.26. The van der Waals surface area contributed by atoms with Crippen molar-refractivity contribution < 1.29 is 14.1 Å². The second-order valence-electron chi connectivity index (χ2n) is 6.09. The zero-order chi connectivity index (χ0) is 17.9. The first kappa shape index (κ1) is 16.2. The van der Waals surface area contributed by atoms with Crippen LogP contribution in [0.15, 0.2) is 41.2 Å². The molecule has 4 rings (SSSR count). The van der Waals surface area contributed by atoms with Crippen molar-refractivity contribution in [1.82, 2.24) is 20.1 Å². The molecule has 26 heavy (non-hydrogen) atoms. The third-order valence-electron chi connectivity index (χ3n) is 4.07. The average Bonchev–Trinajstić information content (AvgIpc) is 3.43. The van der Waals surface area contributed by atoms with Crippen LogP contribution in [0, 0.1) is 5.92 Å². The van der Waals surface area contributed by atoms with Gasteiger partial charge in [-0.3, -0.25) is 4.79 Å². The fourth-order valence-corrected chi connectivity index (χ4v) is 2.47. The predicted octanol–water partition coefficient (Wildman–Crippen LogP) is 2.47. The Morgan fingerprint density at radius 3 is 2.81 bits per heavy atom. The van der Waals surface area contributed by atoms with Crippen molar-refractivity contribution in [3.8, 4) is 17.4 Å². The number of nitrogens with one attached hydrogen (secondary N) is 1. The van der Waals surface area contributed by atoms with Gasteiger partial charge in [0.15, 0.2) is 0 Å². The molecule has 1 aliphatic rings. The highest BCUT2D eigenvalue weighted by Gasteiger charge is 2.29. The van der Waals surface area contributed by atoms with Crippen LogP contribution in [-0.4, -0.2) is 33.1 Å². The summed E-state index contributed by atoms with van der Waals surface area (Å²) in [6.45, 7) is 0. The van der Waals surface area contributed by atoms with Gasteiger partial charge in [-0.15, -0.1) is 0 Å². The van der Waals surface area contributed by atoms with Crippen molar-refractivity contribution in [3.63, 3.8) is 0 Å². The largest absolute Gasteiger partial charge is 0.481 e. The predicted molar refractivity (Wildman–Crippen MR) is 92.5 cm³/mol. The number of hydrogen-bond acceptors (Lipinski definition) is 7. The average molecular weight is 351 g/mol. The minimum absolute atomic E-state index is 0.0968. The minimum atomic E-state index is 0.0968. The number of hydrogen-bond donors (Lipinski definition) is 1. The van der Waals surface area contributed by atoms with Crippen LogP contribution in [0.5, 0.6) is 5.88 Å². The molecule has 2 aromatic heterocycles. The summed E-state index contributed by atoms with van der Waals surface area (Å²) in [5.41, 5.74) is 2.33. The van der Waals surface area contributed by atoms with Crippen molar-refractivity contribution >= 4 is 11.6 Å². The van der Waals surface area contributed by atoms with E-state index in [1.807, 2.05) is 24.3 Å². The first-order valence-corrected chi connectivity index (χ1v) is 8.30. The van der Waals surface area contributed by atoms with Crippen molar-refractivity contribution in [2.24, 2.45) is 5.92 Å². The first-order chi connectivity index (χ1) is 12.7. The van der Waals surface area contributed by atoms with Crippen LogP contribution in [0.1, 0.15) is 24.3 Å². The highest BCUT2D eigenvalue weighted by atomic mass is 16.5. The molecule has 0 bridgehead atoms. The second kappa shape index (κ2) is 6.91. The number of nitrogens with zero attached hydrogens (tertiary/aromatic N) is 4. The maximum absolute atomic E-state index is 11.8. The SMILES string of the molecule is COc1cc(-c2noc(Cc3ccc(NC(=O)C4CC4)cc3)n2)ncn1. The van der Waals surface area contributed by atoms with E-state index < -0.39 is 0 Å². The number of ether oxygens (including phenoxy) is 1. The van der Waals surface area contributed by atoms with Gasteiger partial charge in [-0.2, -0.15) is 4.98 Å². The first-order valence-electron chi connectivity index (χ1n) is 8.30. The Bertz CT molecular complexity index is 919. The molecule has 0 saturated heterocycles. The summed E-state index contributed by atoms with van der Waals surface area (Å²) in [6.07, 6.45) is 3.86. The topological polar surface area (TPSA) is 103 Å². The summed E-state index contributed by atoms with van der Waals surface area (Å²) in [5.74, 6) is 1.58. The van der Waals surface area contributed by atoms with Gasteiger partial charge in [0.05, 0.1) is 13.5 Å². The van der Waals surface area contributed by atoms with E-state index in [0.29, 0.717) is 29.7 Å². The number of amides is 1. The molecule has 1 fully saturated rings. The summed E-state index contributed by atoms with van der Waals surface area (Å²) in [5, 5.41) is 6.87. The molecule has 0 aliphatic heterocycles. The smallest absolute Gasteiger partial charge is 0.231 e. The maximum Gasteiger partial charge on any atom is 0.231 e. The Kier molecular flexibility index (Phi) is 4.30. The molecule has 1 aromatic carbocycles. The van der Waals surface area contributed by atoms with Crippen LogP contribution < -0.4 is 10.1 Å². The molecule has 1 N–H and O–H groups in total. The molecule has 132 valence electrons. The van der Waals surface area contributed by atoms with Gasteiger partial charge in [-0.05, 0) is 30.5 Å². The third kappa shape index (κ3) is 3.69. The van der Waals surface area contributed by atoms with E-state index in [1.54, 1.807) is 6.07 Å². The zero-order valence-corrected chi connectivity index (χ0v) is 14.2. The molecule has 2 heterocycles. The minimum Gasteiger partial charge on any atom is -0.481 e. The van der Waals surface area contributed by atoms with Crippen molar-refractivity contribution in [1.29, 1.82) is 0 Å². The van der Waals surface area contributed by atoms with E-state index >= 15 is 0 Å². The zero-order valence-electron chi connectivity index (χ0n) is 14.2. The van der Waals surface area contributed by atoms with E-state index in [9.17, 15) is 4.79 Å². The molecule has 0 unspecified atom stereocenters. The molecule has 1 saturated carbocycles. The van der Waals surface area contributed by atoms with Crippen LogP contribution in [-0.2, 0) is 11.2 Å². The van der Waals surface area contributed by atoms with Crippen molar-refractivity contribution in [2.75, 3.05) is 12.4 Å². The Hall–Kier alpha value is -3.29. The number of carbonyl (C=O) groups is 1.